The van der Waals surface area contributed by atoms with Gasteiger partial charge in [0.05, 0.1) is 16.9 Å². The van der Waals surface area contributed by atoms with Gasteiger partial charge in [0.15, 0.2) is 0 Å². The minimum atomic E-state index is -4.14. The van der Waals surface area contributed by atoms with Crippen LogP contribution in [0.4, 0.5) is 26.3 Å². The van der Waals surface area contributed by atoms with Crippen molar-refractivity contribution >= 4 is 20.2 Å². The van der Waals surface area contributed by atoms with Crippen molar-refractivity contribution in [3.05, 3.63) is 119 Å². The molecule has 0 spiro atoms. The van der Waals surface area contributed by atoms with Crippen LogP contribution in [-0.4, -0.2) is 40.7 Å². The number of unbranched alkanes of at least 4 members (excludes halogenated alkanes) is 12. The molecule has 0 bridgehead atoms. The SMILES string of the molecule is O=S(=O)(CCCCCCCCCC(F)(F)F)Oc1ccc(C2(c3ccc(OS(=O)(=O)CCCCCCCCCC(F)(F)F)cc3)c3ccccc3-c3ccccc32)cc1. The van der Waals surface area contributed by atoms with Crippen molar-refractivity contribution in [2.24, 2.45) is 0 Å². The molecule has 0 saturated carbocycles. The third-order valence-electron chi connectivity index (χ3n) is 10.7. The van der Waals surface area contributed by atoms with Gasteiger partial charge in [-0.3, -0.25) is 0 Å². The summed E-state index contributed by atoms with van der Waals surface area (Å²) in [6.45, 7) is 0. The van der Waals surface area contributed by atoms with Gasteiger partial charge in [-0.05, 0) is 83.3 Å². The number of rotatable bonds is 24. The highest BCUT2D eigenvalue weighted by molar-refractivity contribution is 7.87. The van der Waals surface area contributed by atoms with Crippen LogP contribution in [0.3, 0.4) is 0 Å². The van der Waals surface area contributed by atoms with E-state index >= 15 is 0 Å². The van der Waals surface area contributed by atoms with E-state index in [1.165, 1.54) is 0 Å². The van der Waals surface area contributed by atoms with Crippen molar-refractivity contribution in [2.45, 2.75) is 121 Å². The molecule has 0 fully saturated rings. The minimum absolute atomic E-state index is 0.105. The molecule has 322 valence electrons. The Morgan fingerprint density at radius 1 is 0.407 bits per heavy atom. The van der Waals surface area contributed by atoms with Crippen LogP contribution >= 0.6 is 0 Å². The van der Waals surface area contributed by atoms with E-state index in [4.69, 9.17) is 8.37 Å². The van der Waals surface area contributed by atoms with E-state index in [0.29, 0.717) is 51.4 Å². The van der Waals surface area contributed by atoms with E-state index in [-0.39, 0.29) is 35.8 Å². The second kappa shape index (κ2) is 20.5. The van der Waals surface area contributed by atoms with E-state index in [0.717, 1.165) is 59.1 Å². The average Bonchev–Trinajstić information content (AvgIpc) is 3.47. The molecule has 0 aliphatic heterocycles. The van der Waals surface area contributed by atoms with Gasteiger partial charge in [-0.15, -0.1) is 0 Å². The van der Waals surface area contributed by atoms with Gasteiger partial charge < -0.3 is 8.37 Å². The lowest BCUT2D eigenvalue weighted by atomic mass is 9.68. The van der Waals surface area contributed by atoms with E-state index in [1.807, 2.05) is 72.8 Å². The fourth-order valence-electron chi connectivity index (χ4n) is 7.90. The summed E-state index contributed by atoms with van der Waals surface area (Å²) >= 11 is 0. The molecular formula is C45H52F6O6S2. The lowest BCUT2D eigenvalue weighted by Gasteiger charge is -2.34. The molecule has 0 unspecified atom stereocenters. The van der Waals surface area contributed by atoms with Gasteiger partial charge >= 0.3 is 32.6 Å². The first-order chi connectivity index (χ1) is 28.0. The summed E-state index contributed by atoms with van der Waals surface area (Å²) in [6.07, 6.45) is -2.34. The smallest absolute Gasteiger partial charge is 0.382 e. The molecule has 0 atom stereocenters. The van der Waals surface area contributed by atoms with Gasteiger partial charge in [-0.25, -0.2) is 0 Å². The van der Waals surface area contributed by atoms with Crippen LogP contribution in [-0.2, 0) is 25.7 Å². The Labute approximate surface area is 344 Å². The molecule has 0 amide bonds. The number of halogens is 6. The quantitative estimate of drug-likeness (QED) is 0.0349. The zero-order chi connectivity index (χ0) is 42.6. The van der Waals surface area contributed by atoms with Crippen molar-refractivity contribution in [3.8, 4) is 22.6 Å². The average molecular weight is 867 g/mol. The number of hydrogen-bond donors (Lipinski definition) is 0. The van der Waals surface area contributed by atoms with E-state index in [1.54, 1.807) is 24.3 Å². The van der Waals surface area contributed by atoms with Crippen molar-refractivity contribution in [1.82, 2.24) is 0 Å². The molecule has 4 aromatic carbocycles. The highest BCUT2D eigenvalue weighted by Gasteiger charge is 2.46. The molecule has 1 aliphatic carbocycles. The normalized spacial score (nSPS) is 13.9. The Morgan fingerprint density at radius 3 is 1.05 bits per heavy atom. The maximum Gasteiger partial charge on any atom is 0.389 e. The summed E-state index contributed by atoms with van der Waals surface area (Å²) in [6, 6.07) is 29.8. The topological polar surface area (TPSA) is 86.7 Å². The van der Waals surface area contributed by atoms with Crippen molar-refractivity contribution in [3.63, 3.8) is 0 Å². The van der Waals surface area contributed by atoms with E-state index in [2.05, 4.69) is 0 Å². The van der Waals surface area contributed by atoms with E-state index in [9.17, 15) is 43.2 Å². The number of hydrogen-bond acceptors (Lipinski definition) is 6. The van der Waals surface area contributed by atoms with Crippen LogP contribution < -0.4 is 8.37 Å². The zero-order valence-corrected chi connectivity index (χ0v) is 34.6. The number of benzene rings is 4. The van der Waals surface area contributed by atoms with Crippen LogP contribution in [0.2, 0.25) is 0 Å². The highest BCUT2D eigenvalue weighted by atomic mass is 32.2. The second-order valence-corrected chi connectivity index (χ2v) is 18.6. The fourth-order valence-corrected chi connectivity index (χ4v) is 9.99. The number of fused-ring (bicyclic) bond motifs is 3. The van der Waals surface area contributed by atoms with Crippen molar-refractivity contribution in [2.75, 3.05) is 11.5 Å². The van der Waals surface area contributed by atoms with Gasteiger partial charge in [0.2, 0.25) is 0 Å². The second-order valence-electron chi connectivity index (χ2n) is 15.3. The standard InChI is InChI=1S/C45H52F6O6S2/c46-43(47,48)31-15-7-3-1-5-9-17-33-58(52,53)56-37-27-23-35(24-28-37)45(41-21-13-11-19-39(41)40-20-12-14-22-42(40)45)36-25-29-38(30-26-36)57-59(54,55)34-18-10-6-2-4-8-16-32-44(49,50)51/h11-14,19-30H,1-10,15-18,31-34H2. The monoisotopic (exact) mass is 866 g/mol. The summed E-state index contributed by atoms with van der Waals surface area (Å²) in [5.41, 5.74) is 4.83. The lowest BCUT2D eigenvalue weighted by molar-refractivity contribution is -0.136. The zero-order valence-electron chi connectivity index (χ0n) is 33.0. The van der Waals surface area contributed by atoms with Crippen molar-refractivity contribution < 1.29 is 51.5 Å². The molecule has 14 heteroatoms. The van der Waals surface area contributed by atoms with Crippen LogP contribution in [0.1, 0.15) is 125 Å². The molecule has 0 heterocycles. The maximum atomic E-state index is 12.9. The molecular weight excluding hydrogens is 815 g/mol. The third kappa shape index (κ3) is 13.5. The Balaban J connectivity index is 1.23. The molecule has 0 aromatic heterocycles. The molecule has 5 rings (SSSR count). The summed E-state index contributed by atoms with van der Waals surface area (Å²) in [4.78, 5) is 0. The number of alkyl halides is 6. The first-order valence-electron chi connectivity index (χ1n) is 20.4. The van der Waals surface area contributed by atoms with Crippen LogP contribution in [0.5, 0.6) is 11.5 Å². The first-order valence-corrected chi connectivity index (χ1v) is 23.5. The molecule has 6 nitrogen and oxygen atoms in total. The Kier molecular flexibility index (Phi) is 16.0. The van der Waals surface area contributed by atoms with Crippen LogP contribution in [0, 0.1) is 0 Å². The lowest BCUT2D eigenvalue weighted by Crippen LogP contribution is -2.28. The molecule has 4 aromatic rings. The largest absolute Gasteiger partial charge is 0.389 e. The molecule has 1 aliphatic rings. The molecule has 0 N–H and O–H groups in total. The molecule has 0 radical (unpaired) electrons. The van der Waals surface area contributed by atoms with Crippen LogP contribution in [0.25, 0.3) is 11.1 Å². The molecule has 0 saturated heterocycles. The molecule has 59 heavy (non-hydrogen) atoms. The minimum Gasteiger partial charge on any atom is -0.382 e. The summed E-state index contributed by atoms with van der Waals surface area (Å²) in [7, 11) is -7.81. The fraction of sp³-hybridized carbons (Fsp3) is 0.467. The Morgan fingerprint density at radius 2 is 0.712 bits per heavy atom. The predicted octanol–water partition coefficient (Wildman–Crippen LogP) is 12.8. The van der Waals surface area contributed by atoms with Gasteiger partial charge in [-0.2, -0.15) is 43.2 Å². The Hall–Kier alpha value is -4.04. The highest BCUT2D eigenvalue weighted by Crippen LogP contribution is 2.56. The van der Waals surface area contributed by atoms with Crippen LogP contribution in [0.15, 0.2) is 97.1 Å². The van der Waals surface area contributed by atoms with Gasteiger partial charge in [0.25, 0.3) is 0 Å². The summed E-state index contributed by atoms with van der Waals surface area (Å²) in [5.74, 6) is -0.0606. The maximum absolute atomic E-state index is 12.9. The van der Waals surface area contributed by atoms with Gasteiger partial charge in [-0.1, -0.05) is 137 Å². The van der Waals surface area contributed by atoms with E-state index < -0.39 is 50.8 Å². The predicted molar refractivity (Wildman–Crippen MR) is 219 cm³/mol. The summed E-state index contributed by atoms with van der Waals surface area (Å²) in [5, 5.41) is 0. The summed E-state index contributed by atoms with van der Waals surface area (Å²) < 4.78 is 136. The third-order valence-corrected chi connectivity index (χ3v) is 13.2. The Bertz CT molecular complexity index is 2000. The first kappa shape index (κ1) is 46.0. The van der Waals surface area contributed by atoms with Gasteiger partial charge in [0.1, 0.15) is 11.5 Å². The van der Waals surface area contributed by atoms with Gasteiger partial charge in [0, 0.05) is 12.8 Å². The van der Waals surface area contributed by atoms with Crippen molar-refractivity contribution in [1.29, 1.82) is 0 Å².